The lowest BCUT2D eigenvalue weighted by atomic mass is 9.97. The third kappa shape index (κ3) is 5.94. The predicted octanol–water partition coefficient (Wildman–Crippen LogP) is 2.26. The summed E-state index contributed by atoms with van der Waals surface area (Å²) in [6.07, 6.45) is 2.74. The van der Waals surface area contributed by atoms with Crippen LogP contribution < -0.4 is 5.32 Å². The molecule has 2 N–H and O–H groups in total. The molecule has 7 heteroatoms. The van der Waals surface area contributed by atoms with E-state index in [-0.39, 0.29) is 30.7 Å². The molecule has 2 unspecified atom stereocenters. The number of ether oxygens (including phenoxy) is 2. The summed E-state index contributed by atoms with van der Waals surface area (Å²) in [4.78, 5) is 25.6. The first kappa shape index (κ1) is 19.6. The predicted molar refractivity (Wildman–Crippen MR) is 99.3 cm³/mol. The SMILES string of the molecule is O=C(O)CCC(Cc1ccccc1)NC(=O)N1CCCC(C2OCCO2)C1. The highest BCUT2D eigenvalue weighted by atomic mass is 16.7. The number of amides is 2. The van der Waals surface area contributed by atoms with Gasteiger partial charge in [0.25, 0.3) is 0 Å². The molecule has 2 saturated heterocycles. The van der Waals surface area contributed by atoms with Crippen LogP contribution in [0.1, 0.15) is 31.2 Å². The fourth-order valence-electron chi connectivity index (χ4n) is 3.75. The molecular formula is C20H28N2O5. The van der Waals surface area contributed by atoms with Crippen molar-refractivity contribution in [1.82, 2.24) is 10.2 Å². The molecule has 148 valence electrons. The van der Waals surface area contributed by atoms with E-state index in [1.807, 2.05) is 30.3 Å². The molecule has 2 aliphatic heterocycles. The van der Waals surface area contributed by atoms with Gasteiger partial charge in [-0.1, -0.05) is 30.3 Å². The summed E-state index contributed by atoms with van der Waals surface area (Å²) in [5, 5.41) is 12.1. The Labute approximate surface area is 159 Å². The zero-order valence-corrected chi connectivity index (χ0v) is 15.5. The van der Waals surface area contributed by atoms with Gasteiger partial charge in [-0.15, -0.1) is 0 Å². The molecule has 1 aromatic carbocycles. The van der Waals surface area contributed by atoms with Crippen LogP contribution in [0.15, 0.2) is 30.3 Å². The van der Waals surface area contributed by atoms with E-state index in [1.165, 1.54) is 0 Å². The van der Waals surface area contributed by atoms with E-state index in [4.69, 9.17) is 14.6 Å². The lowest BCUT2D eigenvalue weighted by Crippen LogP contribution is -2.50. The molecule has 2 amide bonds. The fraction of sp³-hybridized carbons (Fsp3) is 0.600. The Morgan fingerprint density at radius 3 is 2.67 bits per heavy atom. The molecule has 1 aromatic rings. The number of nitrogens with one attached hydrogen (secondary N) is 1. The van der Waals surface area contributed by atoms with Crippen LogP contribution in [0.25, 0.3) is 0 Å². The Bertz CT molecular complexity index is 618. The van der Waals surface area contributed by atoms with Gasteiger partial charge in [0.2, 0.25) is 0 Å². The van der Waals surface area contributed by atoms with Crippen molar-refractivity contribution in [2.24, 2.45) is 5.92 Å². The quantitative estimate of drug-likeness (QED) is 0.762. The van der Waals surface area contributed by atoms with Crippen molar-refractivity contribution < 1.29 is 24.2 Å². The summed E-state index contributed by atoms with van der Waals surface area (Å²) in [5.74, 6) is -0.658. The highest BCUT2D eigenvalue weighted by Crippen LogP contribution is 2.25. The summed E-state index contributed by atoms with van der Waals surface area (Å²) in [5.41, 5.74) is 1.08. The van der Waals surface area contributed by atoms with E-state index in [0.717, 1.165) is 18.4 Å². The summed E-state index contributed by atoms with van der Waals surface area (Å²) in [7, 11) is 0. The van der Waals surface area contributed by atoms with E-state index < -0.39 is 5.97 Å². The largest absolute Gasteiger partial charge is 0.481 e. The van der Waals surface area contributed by atoms with E-state index in [1.54, 1.807) is 4.90 Å². The number of nitrogens with zero attached hydrogens (tertiary/aromatic N) is 1. The number of aliphatic carboxylic acids is 1. The Kier molecular flexibility index (Phi) is 7.06. The van der Waals surface area contributed by atoms with Gasteiger partial charge in [0.1, 0.15) is 0 Å². The van der Waals surface area contributed by atoms with E-state index in [2.05, 4.69) is 5.32 Å². The lowest BCUT2D eigenvalue weighted by Gasteiger charge is -2.35. The molecule has 0 saturated carbocycles. The minimum Gasteiger partial charge on any atom is -0.481 e. The van der Waals surface area contributed by atoms with E-state index in [0.29, 0.717) is 39.1 Å². The smallest absolute Gasteiger partial charge is 0.317 e. The van der Waals surface area contributed by atoms with Crippen LogP contribution in [0.2, 0.25) is 0 Å². The van der Waals surface area contributed by atoms with Crippen LogP contribution in [0.3, 0.4) is 0 Å². The van der Waals surface area contributed by atoms with Crippen LogP contribution in [0.4, 0.5) is 4.79 Å². The summed E-state index contributed by atoms with van der Waals surface area (Å²) >= 11 is 0. The number of benzene rings is 1. The third-order valence-corrected chi connectivity index (χ3v) is 5.14. The number of piperidine rings is 1. The Balaban J connectivity index is 1.57. The first-order valence-electron chi connectivity index (χ1n) is 9.66. The van der Waals surface area contributed by atoms with Crippen molar-refractivity contribution in [3.05, 3.63) is 35.9 Å². The zero-order valence-electron chi connectivity index (χ0n) is 15.5. The van der Waals surface area contributed by atoms with Crippen molar-refractivity contribution in [3.8, 4) is 0 Å². The Morgan fingerprint density at radius 2 is 1.96 bits per heavy atom. The highest BCUT2D eigenvalue weighted by molar-refractivity contribution is 5.75. The maximum Gasteiger partial charge on any atom is 0.317 e. The average molecular weight is 376 g/mol. The number of carbonyl (C=O) groups is 2. The van der Waals surface area contributed by atoms with Gasteiger partial charge in [0.15, 0.2) is 6.29 Å². The monoisotopic (exact) mass is 376 g/mol. The first-order chi connectivity index (χ1) is 13.1. The van der Waals surface area contributed by atoms with Crippen molar-refractivity contribution in [3.63, 3.8) is 0 Å². The zero-order chi connectivity index (χ0) is 19.1. The second-order valence-electron chi connectivity index (χ2n) is 7.23. The molecule has 2 heterocycles. The number of carboxylic acid groups (broad SMARTS) is 1. The molecule has 3 rings (SSSR count). The van der Waals surface area contributed by atoms with Crippen LogP contribution >= 0.6 is 0 Å². The van der Waals surface area contributed by atoms with Crippen LogP contribution in [-0.2, 0) is 20.7 Å². The third-order valence-electron chi connectivity index (χ3n) is 5.14. The second kappa shape index (κ2) is 9.71. The maximum atomic E-state index is 12.8. The summed E-state index contributed by atoms with van der Waals surface area (Å²) in [6.45, 7) is 2.53. The molecule has 0 bridgehead atoms. The lowest BCUT2D eigenvalue weighted by molar-refractivity contribution is -0.137. The van der Waals surface area contributed by atoms with Crippen LogP contribution in [0.5, 0.6) is 0 Å². The van der Waals surface area contributed by atoms with Gasteiger partial charge in [0.05, 0.1) is 13.2 Å². The van der Waals surface area contributed by atoms with Gasteiger partial charge in [-0.2, -0.15) is 0 Å². The minimum atomic E-state index is -0.851. The topological polar surface area (TPSA) is 88.1 Å². The molecular weight excluding hydrogens is 348 g/mol. The van der Waals surface area contributed by atoms with Crippen molar-refractivity contribution in [2.75, 3.05) is 26.3 Å². The van der Waals surface area contributed by atoms with Crippen LogP contribution in [-0.4, -0.2) is 60.6 Å². The molecule has 2 atom stereocenters. The number of rotatable bonds is 7. The minimum absolute atomic E-state index is 0.0319. The van der Waals surface area contributed by atoms with Gasteiger partial charge in [-0.05, 0) is 31.2 Å². The maximum absolute atomic E-state index is 12.8. The summed E-state index contributed by atoms with van der Waals surface area (Å²) in [6, 6.07) is 9.47. The number of carboxylic acids is 1. The molecule has 2 aliphatic rings. The molecule has 7 nitrogen and oxygen atoms in total. The molecule has 0 spiro atoms. The first-order valence-corrected chi connectivity index (χ1v) is 9.66. The molecule has 0 aromatic heterocycles. The van der Waals surface area contributed by atoms with E-state index >= 15 is 0 Å². The highest BCUT2D eigenvalue weighted by Gasteiger charge is 2.33. The number of likely N-dealkylation sites (tertiary alicyclic amines) is 1. The van der Waals surface area contributed by atoms with Gasteiger partial charge in [-0.3, -0.25) is 4.79 Å². The number of hydrogen-bond acceptors (Lipinski definition) is 4. The molecule has 27 heavy (non-hydrogen) atoms. The molecule has 2 fully saturated rings. The Morgan fingerprint density at radius 1 is 1.22 bits per heavy atom. The fourth-order valence-corrected chi connectivity index (χ4v) is 3.75. The van der Waals surface area contributed by atoms with E-state index in [9.17, 15) is 9.59 Å². The van der Waals surface area contributed by atoms with Crippen molar-refractivity contribution in [1.29, 1.82) is 0 Å². The standard InChI is InChI=1S/C20H28N2O5/c23-18(24)9-8-17(13-15-5-2-1-3-6-15)21-20(25)22-10-4-7-16(14-22)19-26-11-12-27-19/h1-3,5-6,16-17,19H,4,7-14H2,(H,21,25)(H,23,24). The normalized spacial score (nSPS) is 21.8. The number of carbonyl (C=O) groups excluding carboxylic acids is 1. The number of urea groups is 1. The van der Waals surface area contributed by atoms with Crippen molar-refractivity contribution >= 4 is 12.0 Å². The van der Waals surface area contributed by atoms with Gasteiger partial charge < -0.3 is 24.8 Å². The average Bonchev–Trinajstić information content (AvgIpc) is 3.22. The second-order valence-corrected chi connectivity index (χ2v) is 7.23. The van der Waals surface area contributed by atoms with Crippen LogP contribution in [0, 0.1) is 5.92 Å². The van der Waals surface area contributed by atoms with Gasteiger partial charge in [0, 0.05) is 31.5 Å². The number of hydrogen-bond donors (Lipinski definition) is 2. The Hall–Kier alpha value is -2.12. The summed E-state index contributed by atoms with van der Waals surface area (Å²) < 4.78 is 11.2. The van der Waals surface area contributed by atoms with Gasteiger partial charge >= 0.3 is 12.0 Å². The molecule has 0 radical (unpaired) electrons. The van der Waals surface area contributed by atoms with Gasteiger partial charge in [-0.25, -0.2) is 4.79 Å². The van der Waals surface area contributed by atoms with Crippen molar-refractivity contribution in [2.45, 2.75) is 44.4 Å². The molecule has 0 aliphatic carbocycles.